The van der Waals surface area contributed by atoms with Crippen molar-refractivity contribution in [2.45, 2.75) is 6.42 Å². The van der Waals surface area contributed by atoms with Gasteiger partial charge in [-0.25, -0.2) is 9.48 Å². The van der Waals surface area contributed by atoms with E-state index in [-0.39, 0.29) is 18.5 Å². The average molecular weight is 377 g/mol. The quantitative estimate of drug-likeness (QED) is 0.637. The Morgan fingerprint density at radius 3 is 2.86 bits per heavy atom. The van der Waals surface area contributed by atoms with Gasteiger partial charge in [0.2, 0.25) is 0 Å². The highest BCUT2D eigenvalue weighted by molar-refractivity contribution is 5.96. The van der Waals surface area contributed by atoms with Crippen LogP contribution in [0.2, 0.25) is 0 Å². The molecule has 0 bridgehead atoms. The van der Waals surface area contributed by atoms with Gasteiger partial charge in [-0.2, -0.15) is 5.10 Å². The van der Waals surface area contributed by atoms with Gasteiger partial charge in [0.1, 0.15) is 5.75 Å². The minimum atomic E-state index is -0.298. The van der Waals surface area contributed by atoms with Crippen LogP contribution in [0.3, 0.4) is 0 Å². The lowest BCUT2D eigenvalue weighted by Crippen LogP contribution is -2.30. The summed E-state index contributed by atoms with van der Waals surface area (Å²) in [6.07, 6.45) is 4.34. The Hall–Kier alpha value is -3.81. The molecule has 1 aromatic heterocycles. The van der Waals surface area contributed by atoms with Crippen LogP contribution >= 0.6 is 0 Å². The Morgan fingerprint density at radius 1 is 1.21 bits per heavy atom. The van der Waals surface area contributed by atoms with E-state index in [9.17, 15) is 9.59 Å². The van der Waals surface area contributed by atoms with E-state index in [0.717, 1.165) is 11.3 Å². The summed E-state index contributed by atoms with van der Waals surface area (Å²) in [6, 6.07) is 14.7. The maximum Gasteiger partial charge on any atom is 0.319 e. The molecule has 2 aromatic carbocycles. The number of nitrogens with one attached hydrogen (secondary N) is 3. The maximum absolute atomic E-state index is 12.1. The molecule has 8 nitrogen and oxygen atoms in total. The number of aromatic nitrogens is 2. The molecule has 4 rings (SSSR count). The van der Waals surface area contributed by atoms with Crippen LogP contribution in [0.1, 0.15) is 5.56 Å². The number of anilines is 2. The number of fused-ring (bicyclic) bond motifs is 1. The standard InChI is InChI=1S/C20H19N5O3/c26-19-13-28-18-12-15(4-7-17(18)24-19)23-20(27)21-10-8-14-2-5-16(6-3-14)25-11-1-9-22-25/h1-7,9,11-12H,8,10,13H2,(H,24,26)(H2,21,23,27). The topological polar surface area (TPSA) is 97.3 Å². The molecule has 3 amide bonds. The smallest absolute Gasteiger partial charge is 0.319 e. The zero-order chi connectivity index (χ0) is 19.3. The third-order valence-electron chi connectivity index (χ3n) is 4.28. The molecule has 0 fully saturated rings. The Balaban J connectivity index is 1.26. The zero-order valence-electron chi connectivity index (χ0n) is 15.0. The van der Waals surface area contributed by atoms with E-state index in [1.54, 1.807) is 29.1 Å². The number of urea groups is 1. The first-order chi connectivity index (χ1) is 13.7. The van der Waals surface area contributed by atoms with Crippen molar-refractivity contribution in [3.8, 4) is 11.4 Å². The molecule has 8 heteroatoms. The molecule has 0 atom stereocenters. The van der Waals surface area contributed by atoms with Gasteiger partial charge in [-0.15, -0.1) is 0 Å². The Labute approximate surface area is 161 Å². The highest BCUT2D eigenvalue weighted by Gasteiger charge is 2.16. The summed E-state index contributed by atoms with van der Waals surface area (Å²) in [5.74, 6) is 0.346. The number of amides is 3. The monoisotopic (exact) mass is 377 g/mol. The van der Waals surface area contributed by atoms with Gasteiger partial charge in [0.15, 0.2) is 6.61 Å². The molecule has 0 saturated heterocycles. The lowest BCUT2D eigenvalue weighted by molar-refractivity contribution is -0.118. The number of ether oxygens (including phenoxy) is 1. The molecule has 3 N–H and O–H groups in total. The van der Waals surface area contributed by atoms with Crippen LogP contribution in [0.15, 0.2) is 60.9 Å². The van der Waals surface area contributed by atoms with E-state index >= 15 is 0 Å². The third-order valence-corrected chi connectivity index (χ3v) is 4.28. The van der Waals surface area contributed by atoms with Gasteiger partial charge in [-0.05, 0) is 42.3 Å². The fourth-order valence-corrected chi connectivity index (χ4v) is 2.88. The van der Waals surface area contributed by atoms with E-state index in [2.05, 4.69) is 21.0 Å². The summed E-state index contributed by atoms with van der Waals surface area (Å²) in [4.78, 5) is 23.4. The van der Waals surface area contributed by atoms with Crippen LogP contribution in [0.5, 0.6) is 5.75 Å². The molecule has 0 saturated carbocycles. The molecule has 0 aliphatic carbocycles. The second-order valence-electron chi connectivity index (χ2n) is 6.30. The summed E-state index contributed by atoms with van der Waals surface area (Å²) in [7, 11) is 0. The summed E-state index contributed by atoms with van der Waals surface area (Å²) >= 11 is 0. The van der Waals surface area contributed by atoms with Gasteiger partial charge in [0.25, 0.3) is 5.91 Å². The lowest BCUT2D eigenvalue weighted by atomic mass is 10.1. The molecule has 28 heavy (non-hydrogen) atoms. The van der Waals surface area contributed by atoms with Crippen LogP contribution in [-0.2, 0) is 11.2 Å². The molecule has 1 aliphatic rings. The SMILES string of the molecule is O=C1COc2cc(NC(=O)NCCc3ccc(-n4cccn4)cc3)ccc2N1. The average Bonchev–Trinajstić information content (AvgIpc) is 3.23. The van der Waals surface area contributed by atoms with Gasteiger partial charge < -0.3 is 20.7 Å². The van der Waals surface area contributed by atoms with Gasteiger partial charge in [0.05, 0.1) is 11.4 Å². The van der Waals surface area contributed by atoms with E-state index in [1.165, 1.54) is 0 Å². The Morgan fingerprint density at radius 2 is 2.07 bits per heavy atom. The minimum absolute atomic E-state index is 0.0260. The predicted molar refractivity (Wildman–Crippen MR) is 105 cm³/mol. The largest absolute Gasteiger partial charge is 0.482 e. The number of carbonyl (C=O) groups excluding carboxylic acids is 2. The van der Waals surface area contributed by atoms with Crippen molar-refractivity contribution in [1.29, 1.82) is 0 Å². The second kappa shape index (κ2) is 7.83. The van der Waals surface area contributed by atoms with Crippen molar-refractivity contribution in [3.05, 3.63) is 66.5 Å². The van der Waals surface area contributed by atoms with Gasteiger partial charge in [-0.3, -0.25) is 4.79 Å². The molecule has 142 valence electrons. The number of hydrogen-bond acceptors (Lipinski definition) is 4. The van der Waals surface area contributed by atoms with Crippen molar-refractivity contribution in [1.82, 2.24) is 15.1 Å². The van der Waals surface area contributed by atoms with Crippen molar-refractivity contribution in [2.75, 3.05) is 23.8 Å². The molecule has 3 aromatic rings. The number of carbonyl (C=O) groups is 2. The molecule has 0 spiro atoms. The van der Waals surface area contributed by atoms with Crippen LogP contribution in [0.25, 0.3) is 5.69 Å². The summed E-state index contributed by atoms with van der Waals surface area (Å²) in [5.41, 5.74) is 3.30. The minimum Gasteiger partial charge on any atom is -0.482 e. The molecule has 0 unspecified atom stereocenters. The van der Waals surface area contributed by atoms with E-state index in [0.29, 0.717) is 30.1 Å². The first-order valence-electron chi connectivity index (χ1n) is 8.88. The van der Waals surface area contributed by atoms with E-state index in [4.69, 9.17) is 4.74 Å². The molecular formula is C20H19N5O3. The first-order valence-corrected chi connectivity index (χ1v) is 8.88. The van der Waals surface area contributed by atoms with Crippen LogP contribution < -0.4 is 20.7 Å². The Kier molecular flexibility index (Phi) is 4.92. The van der Waals surface area contributed by atoms with Crippen molar-refractivity contribution >= 4 is 23.3 Å². The van der Waals surface area contributed by atoms with Gasteiger partial charge >= 0.3 is 6.03 Å². The van der Waals surface area contributed by atoms with Gasteiger partial charge in [-0.1, -0.05) is 12.1 Å². The van der Waals surface area contributed by atoms with Crippen LogP contribution in [-0.4, -0.2) is 34.9 Å². The fourth-order valence-electron chi connectivity index (χ4n) is 2.88. The number of benzene rings is 2. The molecule has 0 radical (unpaired) electrons. The van der Waals surface area contributed by atoms with E-state index < -0.39 is 0 Å². The van der Waals surface area contributed by atoms with Crippen molar-refractivity contribution in [2.24, 2.45) is 0 Å². The molecular weight excluding hydrogens is 358 g/mol. The highest BCUT2D eigenvalue weighted by atomic mass is 16.5. The zero-order valence-corrected chi connectivity index (χ0v) is 15.0. The maximum atomic E-state index is 12.1. The fraction of sp³-hybridized carbons (Fsp3) is 0.150. The lowest BCUT2D eigenvalue weighted by Gasteiger charge is -2.18. The second-order valence-corrected chi connectivity index (χ2v) is 6.30. The number of nitrogens with zero attached hydrogens (tertiary/aromatic N) is 2. The first kappa shape index (κ1) is 17.6. The van der Waals surface area contributed by atoms with Crippen LogP contribution in [0, 0.1) is 0 Å². The number of rotatable bonds is 5. The summed E-state index contributed by atoms with van der Waals surface area (Å²) < 4.78 is 7.14. The molecule has 1 aliphatic heterocycles. The third kappa shape index (κ3) is 4.12. The summed E-state index contributed by atoms with van der Waals surface area (Å²) in [5, 5.41) is 12.5. The predicted octanol–water partition coefficient (Wildman–Crippen LogP) is 2.57. The number of hydrogen-bond donors (Lipinski definition) is 3. The Bertz CT molecular complexity index is 984. The normalized spacial score (nSPS) is 12.5. The van der Waals surface area contributed by atoms with E-state index in [1.807, 2.05) is 36.5 Å². The van der Waals surface area contributed by atoms with Crippen molar-refractivity contribution in [3.63, 3.8) is 0 Å². The highest BCUT2D eigenvalue weighted by Crippen LogP contribution is 2.30. The summed E-state index contributed by atoms with van der Waals surface area (Å²) in [6.45, 7) is 0.478. The van der Waals surface area contributed by atoms with Gasteiger partial charge in [0, 0.05) is 30.7 Å². The molecule has 2 heterocycles. The van der Waals surface area contributed by atoms with Crippen molar-refractivity contribution < 1.29 is 14.3 Å². The van der Waals surface area contributed by atoms with Crippen LogP contribution in [0.4, 0.5) is 16.2 Å².